The maximum absolute atomic E-state index is 4.77. The van der Waals surface area contributed by atoms with Crippen LogP contribution in [-0.2, 0) is 0 Å². The molecule has 0 aliphatic heterocycles. The Hall–Kier alpha value is 0.300. The summed E-state index contributed by atoms with van der Waals surface area (Å²) >= 11 is 6.92. The third-order valence-corrected chi connectivity index (χ3v) is 4.70. The van der Waals surface area contributed by atoms with Crippen molar-refractivity contribution in [1.82, 2.24) is 0 Å². The molecule has 0 saturated carbocycles. The summed E-state index contributed by atoms with van der Waals surface area (Å²) in [6, 6.07) is 0. The quantitative estimate of drug-likeness (QED) is 0.185. The summed E-state index contributed by atoms with van der Waals surface area (Å²) < 4.78 is 0. The lowest BCUT2D eigenvalue weighted by Gasteiger charge is -2.31. The molecule has 0 heterocycles. The minimum atomic E-state index is 0.434. The van der Waals surface area contributed by atoms with Crippen LogP contribution in [0.25, 0.3) is 0 Å². The largest absolute Gasteiger partial charge is 0.171 e. The van der Waals surface area contributed by atoms with Gasteiger partial charge in [0.2, 0.25) is 0 Å². The summed E-state index contributed by atoms with van der Waals surface area (Å²) in [7, 11) is 0. The van der Waals surface area contributed by atoms with Crippen molar-refractivity contribution in [3.63, 3.8) is 0 Å². The van der Waals surface area contributed by atoms with Crippen LogP contribution in [0.1, 0.15) is 59.3 Å². The standard InChI is InChI=1S/C18H30S.CH3I/c1-4-7-8-9-12-15(5-2)16(6-3)17-13-10-11-14-18(17)19;1-2/h8-11,13,15-16,18-19H,4-7,12,14H2,1-3H3;1H3/b9-8-;. The van der Waals surface area contributed by atoms with Gasteiger partial charge in [0.25, 0.3) is 0 Å². The van der Waals surface area contributed by atoms with Crippen molar-refractivity contribution < 1.29 is 0 Å². The first kappa shape index (κ1) is 21.3. The number of allylic oxidation sites excluding steroid dienone is 5. The molecule has 0 bridgehead atoms. The van der Waals surface area contributed by atoms with Crippen LogP contribution >= 0.6 is 35.2 Å². The van der Waals surface area contributed by atoms with Crippen LogP contribution in [-0.4, -0.2) is 10.2 Å². The summed E-state index contributed by atoms with van der Waals surface area (Å²) in [4.78, 5) is 1.97. The van der Waals surface area contributed by atoms with E-state index in [9.17, 15) is 0 Å². The Labute approximate surface area is 152 Å². The van der Waals surface area contributed by atoms with Gasteiger partial charge < -0.3 is 0 Å². The minimum Gasteiger partial charge on any atom is -0.171 e. The van der Waals surface area contributed by atoms with Crippen LogP contribution in [0.5, 0.6) is 0 Å². The highest BCUT2D eigenvalue weighted by atomic mass is 127. The van der Waals surface area contributed by atoms with Gasteiger partial charge in [-0.25, -0.2) is 0 Å². The molecular formula is C19H33IS. The molecular weight excluding hydrogens is 387 g/mol. The van der Waals surface area contributed by atoms with Gasteiger partial charge in [0, 0.05) is 5.25 Å². The van der Waals surface area contributed by atoms with Gasteiger partial charge in [-0.2, -0.15) is 12.6 Å². The van der Waals surface area contributed by atoms with E-state index in [1.807, 2.05) is 4.93 Å². The summed E-state index contributed by atoms with van der Waals surface area (Å²) in [6.07, 6.45) is 18.8. The van der Waals surface area contributed by atoms with E-state index in [4.69, 9.17) is 12.6 Å². The second-order valence-electron chi connectivity index (χ2n) is 5.53. The van der Waals surface area contributed by atoms with Gasteiger partial charge in [0.1, 0.15) is 0 Å². The van der Waals surface area contributed by atoms with Crippen molar-refractivity contribution in [2.45, 2.75) is 64.5 Å². The lowest BCUT2D eigenvalue weighted by Crippen LogP contribution is -2.22. The van der Waals surface area contributed by atoms with Gasteiger partial charge in [-0.05, 0) is 42.4 Å². The van der Waals surface area contributed by atoms with Crippen molar-refractivity contribution >= 4 is 35.2 Å². The summed E-state index contributed by atoms with van der Waals surface area (Å²) in [5.41, 5.74) is 1.56. The van der Waals surface area contributed by atoms with E-state index >= 15 is 0 Å². The second kappa shape index (κ2) is 13.9. The number of unbranched alkanes of at least 4 members (excludes halogenated alkanes) is 1. The number of alkyl halides is 1. The van der Waals surface area contributed by atoms with E-state index in [1.54, 1.807) is 5.57 Å². The molecule has 21 heavy (non-hydrogen) atoms. The fourth-order valence-electron chi connectivity index (χ4n) is 3.02. The number of hydrogen-bond acceptors (Lipinski definition) is 1. The van der Waals surface area contributed by atoms with Crippen LogP contribution in [0.3, 0.4) is 0 Å². The van der Waals surface area contributed by atoms with Gasteiger partial charge in [-0.3, -0.25) is 0 Å². The molecule has 1 aliphatic rings. The van der Waals surface area contributed by atoms with Crippen LogP contribution in [0, 0.1) is 11.8 Å². The molecule has 0 amide bonds. The van der Waals surface area contributed by atoms with Crippen molar-refractivity contribution in [3.05, 3.63) is 36.0 Å². The molecule has 0 aromatic carbocycles. The molecule has 0 aromatic heterocycles. The Morgan fingerprint density at radius 1 is 1.24 bits per heavy atom. The molecule has 0 saturated heterocycles. The van der Waals surface area contributed by atoms with E-state index in [0.29, 0.717) is 11.2 Å². The second-order valence-corrected chi connectivity index (χ2v) is 6.15. The highest BCUT2D eigenvalue weighted by Gasteiger charge is 2.25. The summed E-state index contributed by atoms with van der Waals surface area (Å²) in [5, 5.41) is 0.434. The van der Waals surface area contributed by atoms with Gasteiger partial charge in [-0.15, -0.1) is 0 Å². The van der Waals surface area contributed by atoms with E-state index in [2.05, 4.69) is 73.7 Å². The zero-order valence-electron chi connectivity index (χ0n) is 14.2. The number of hydrogen-bond donors (Lipinski definition) is 1. The molecule has 2 heteroatoms. The van der Waals surface area contributed by atoms with E-state index in [1.165, 1.54) is 32.1 Å². The normalized spacial score (nSPS) is 20.7. The molecule has 3 unspecified atom stereocenters. The fourth-order valence-corrected chi connectivity index (χ4v) is 3.42. The fraction of sp³-hybridized carbons (Fsp3) is 0.684. The third kappa shape index (κ3) is 7.92. The maximum atomic E-state index is 4.77. The first-order valence-electron chi connectivity index (χ1n) is 8.31. The Bertz CT molecular complexity index is 330. The predicted molar refractivity (Wildman–Crippen MR) is 111 cm³/mol. The maximum Gasteiger partial charge on any atom is 0.0266 e. The Morgan fingerprint density at radius 2 is 1.95 bits per heavy atom. The molecule has 0 nitrogen and oxygen atoms in total. The molecule has 122 valence electrons. The Kier molecular flexibility index (Phi) is 14.1. The SMILES string of the molecule is CCC/C=C\CC(CC)C(CC)C1=CC=CCC1S.CI. The Balaban J connectivity index is 0.00000191. The summed E-state index contributed by atoms with van der Waals surface area (Å²) in [5.74, 6) is 1.47. The van der Waals surface area contributed by atoms with Crippen LogP contribution in [0.15, 0.2) is 36.0 Å². The highest BCUT2D eigenvalue weighted by molar-refractivity contribution is 14.1. The average molecular weight is 420 g/mol. The molecule has 3 atom stereocenters. The van der Waals surface area contributed by atoms with Gasteiger partial charge in [0.05, 0.1) is 0 Å². The minimum absolute atomic E-state index is 0.434. The molecule has 1 aliphatic carbocycles. The number of halogens is 1. The van der Waals surface area contributed by atoms with Crippen molar-refractivity contribution in [2.75, 3.05) is 4.93 Å². The molecule has 0 fully saturated rings. The molecule has 0 radical (unpaired) electrons. The zero-order chi connectivity index (χ0) is 16.1. The summed E-state index contributed by atoms with van der Waals surface area (Å²) in [6.45, 7) is 6.89. The molecule has 0 aromatic rings. The monoisotopic (exact) mass is 420 g/mol. The third-order valence-electron chi connectivity index (χ3n) is 4.19. The zero-order valence-corrected chi connectivity index (χ0v) is 17.2. The number of thiol groups is 1. The number of rotatable bonds is 8. The van der Waals surface area contributed by atoms with Crippen molar-refractivity contribution in [1.29, 1.82) is 0 Å². The van der Waals surface area contributed by atoms with Crippen LogP contribution < -0.4 is 0 Å². The smallest absolute Gasteiger partial charge is 0.0266 e. The van der Waals surface area contributed by atoms with Crippen LogP contribution in [0.4, 0.5) is 0 Å². The highest BCUT2D eigenvalue weighted by Crippen LogP contribution is 2.35. The van der Waals surface area contributed by atoms with Gasteiger partial charge >= 0.3 is 0 Å². The van der Waals surface area contributed by atoms with Crippen molar-refractivity contribution in [3.8, 4) is 0 Å². The molecule has 0 N–H and O–H groups in total. The first-order valence-corrected chi connectivity index (χ1v) is 11.0. The van der Waals surface area contributed by atoms with Crippen molar-refractivity contribution in [2.24, 2.45) is 11.8 Å². The molecule has 0 spiro atoms. The van der Waals surface area contributed by atoms with E-state index < -0.39 is 0 Å². The lowest BCUT2D eigenvalue weighted by atomic mass is 9.77. The topological polar surface area (TPSA) is 0 Å². The average Bonchev–Trinajstić information content (AvgIpc) is 2.53. The van der Waals surface area contributed by atoms with E-state index in [0.717, 1.165) is 12.3 Å². The lowest BCUT2D eigenvalue weighted by molar-refractivity contribution is 0.353. The first-order chi connectivity index (χ1) is 10.2. The van der Waals surface area contributed by atoms with Gasteiger partial charge in [0.15, 0.2) is 0 Å². The van der Waals surface area contributed by atoms with Crippen LogP contribution in [0.2, 0.25) is 0 Å². The molecule has 1 rings (SSSR count). The van der Waals surface area contributed by atoms with E-state index in [-0.39, 0.29) is 0 Å². The van der Waals surface area contributed by atoms with Gasteiger partial charge in [-0.1, -0.05) is 92.2 Å². The Morgan fingerprint density at radius 3 is 2.48 bits per heavy atom. The predicted octanol–water partition coefficient (Wildman–Crippen LogP) is 7.02.